The zero-order chi connectivity index (χ0) is 23.1. The summed E-state index contributed by atoms with van der Waals surface area (Å²) in [4.78, 5) is 44.4. The van der Waals surface area contributed by atoms with Gasteiger partial charge >= 0.3 is 0 Å². The average molecular weight is 453 g/mol. The third-order valence-electron chi connectivity index (χ3n) is 5.07. The molecule has 1 heterocycles. The molecule has 0 aliphatic heterocycles. The summed E-state index contributed by atoms with van der Waals surface area (Å²) in [5.41, 5.74) is 2.20. The molecule has 0 bridgehead atoms. The summed E-state index contributed by atoms with van der Waals surface area (Å²) in [6, 6.07) is 14.7. The van der Waals surface area contributed by atoms with E-state index in [4.69, 9.17) is 0 Å². The largest absolute Gasteiger partial charge is 0.333 e. The lowest BCUT2D eigenvalue weighted by Gasteiger charge is -2.22. The summed E-state index contributed by atoms with van der Waals surface area (Å²) >= 11 is 1.23. The number of carbonyl (C=O) groups excluding carboxylic acids is 2. The number of fused-ring (bicyclic) bond motifs is 1. The Morgan fingerprint density at radius 1 is 1.09 bits per heavy atom. The second-order valence-corrected chi connectivity index (χ2v) is 8.37. The molecule has 1 N–H and O–H groups in total. The maximum atomic E-state index is 12.9. The highest BCUT2D eigenvalue weighted by Gasteiger charge is 2.19. The second kappa shape index (κ2) is 10.9. The van der Waals surface area contributed by atoms with Crippen molar-refractivity contribution in [2.45, 2.75) is 38.9 Å². The standard InChI is InChI=1S/C24H28N4O3S/c1-4-14-27(15-21(29)25-19-12-8-6-10-17(19)3)22(30)16-32-24-26-20-13-9-7-11-18(20)23(31)28(24)5-2/h6-13H,4-5,14-16H2,1-3H3,(H,25,29). The predicted octanol–water partition coefficient (Wildman–Crippen LogP) is 3.69. The molecule has 1 aromatic heterocycles. The average Bonchev–Trinajstić information content (AvgIpc) is 2.79. The van der Waals surface area contributed by atoms with Crippen LogP contribution >= 0.6 is 11.8 Å². The first-order chi connectivity index (χ1) is 15.4. The molecule has 7 nitrogen and oxygen atoms in total. The van der Waals surface area contributed by atoms with Gasteiger partial charge in [0.05, 0.1) is 23.2 Å². The van der Waals surface area contributed by atoms with Gasteiger partial charge < -0.3 is 10.2 Å². The molecular formula is C24H28N4O3S. The molecule has 0 aliphatic rings. The third-order valence-corrected chi connectivity index (χ3v) is 6.03. The van der Waals surface area contributed by atoms with E-state index in [1.807, 2.05) is 57.2 Å². The molecule has 0 spiro atoms. The molecule has 8 heteroatoms. The zero-order valence-electron chi connectivity index (χ0n) is 18.6. The van der Waals surface area contributed by atoms with Crippen molar-refractivity contribution >= 4 is 40.2 Å². The number of para-hydroxylation sites is 2. The Morgan fingerprint density at radius 3 is 2.53 bits per heavy atom. The van der Waals surface area contributed by atoms with E-state index in [0.717, 1.165) is 17.7 Å². The quantitative estimate of drug-likeness (QED) is 0.395. The van der Waals surface area contributed by atoms with Crippen LogP contribution in [-0.2, 0) is 16.1 Å². The topological polar surface area (TPSA) is 84.3 Å². The normalized spacial score (nSPS) is 10.8. The Morgan fingerprint density at radius 2 is 1.81 bits per heavy atom. The number of hydrogen-bond acceptors (Lipinski definition) is 5. The summed E-state index contributed by atoms with van der Waals surface area (Å²) < 4.78 is 1.58. The van der Waals surface area contributed by atoms with Crippen molar-refractivity contribution in [3.8, 4) is 0 Å². The molecule has 0 fully saturated rings. The van der Waals surface area contributed by atoms with E-state index in [1.54, 1.807) is 21.6 Å². The molecule has 3 aromatic rings. The number of hydrogen-bond donors (Lipinski definition) is 1. The van der Waals surface area contributed by atoms with Crippen molar-refractivity contribution in [3.63, 3.8) is 0 Å². The van der Waals surface area contributed by atoms with E-state index >= 15 is 0 Å². The lowest BCUT2D eigenvalue weighted by molar-refractivity contribution is -0.132. The number of benzene rings is 2. The van der Waals surface area contributed by atoms with Crippen LogP contribution in [0.2, 0.25) is 0 Å². The minimum Gasteiger partial charge on any atom is -0.333 e. The highest BCUT2D eigenvalue weighted by molar-refractivity contribution is 7.99. The number of nitrogens with zero attached hydrogens (tertiary/aromatic N) is 3. The maximum Gasteiger partial charge on any atom is 0.262 e. The van der Waals surface area contributed by atoms with Crippen LogP contribution in [0, 0.1) is 6.92 Å². The zero-order valence-corrected chi connectivity index (χ0v) is 19.4. The monoisotopic (exact) mass is 452 g/mol. The summed E-state index contributed by atoms with van der Waals surface area (Å²) in [6.07, 6.45) is 0.738. The number of thioether (sulfide) groups is 1. The molecule has 0 atom stereocenters. The molecule has 0 aliphatic carbocycles. The van der Waals surface area contributed by atoms with Gasteiger partial charge in [0.1, 0.15) is 0 Å². The SMILES string of the molecule is CCCN(CC(=O)Nc1ccccc1C)C(=O)CSc1nc2ccccc2c(=O)n1CC. The highest BCUT2D eigenvalue weighted by atomic mass is 32.2. The molecule has 0 unspecified atom stereocenters. The minimum absolute atomic E-state index is 0.0205. The number of amides is 2. The maximum absolute atomic E-state index is 12.9. The van der Waals surface area contributed by atoms with Gasteiger partial charge in [0.25, 0.3) is 5.56 Å². The fourth-order valence-electron chi connectivity index (χ4n) is 3.39. The van der Waals surface area contributed by atoms with Crippen LogP contribution in [0.15, 0.2) is 58.5 Å². The Bertz CT molecular complexity index is 1180. The molecule has 32 heavy (non-hydrogen) atoms. The van der Waals surface area contributed by atoms with Gasteiger partial charge in [-0.1, -0.05) is 49.0 Å². The number of carbonyl (C=O) groups is 2. The first kappa shape index (κ1) is 23.5. The van der Waals surface area contributed by atoms with Crippen LogP contribution in [0.25, 0.3) is 10.9 Å². The Labute approximate surface area is 191 Å². The number of aryl methyl sites for hydroxylation is 1. The molecule has 0 radical (unpaired) electrons. The molecule has 2 aromatic carbocycles. The summed E-state index contributed by atoms with van der Waals surface area (Å²) in [6.45, 7) is 6.69. The Hall–Kier alpha value is -3.13. The molecule has 2 amide bonds. The van der Waals surface area contributed by atoms with Crippen LogP contribution in [-0.4, -0.2) is 45.1 Å². The molecule has 168 valence electrons. The van der Waals surface area contributed by atoms with Crippen LogP contribution in [0.5, 0.6) is 0 Å². The van der Waals surface area contributed by atoms with Crippen molar-refractivity contribution < 1.29 is 9.59 Å². The van der Waals surface area contributed by atoms with E-state index in [0.29, 0.717) is 29.1 Å². The van der Waals surface area contributed by atoms with Gasteiger partial charge in [-0.05, 0) is 44.0 Å². The van der Waals surface area contributed by atoms with E-state index < -0.39 is 0 Å². The van der Waals surface area contributed by atoms with E-state index in [9.17, 15) is 14.4 Å². The Kier molecular flexibility index (Phi) is 8.05. The number of aromatic nitrogens is 2. The number of nitrogens with one attached hydrogen (secondary N) is 1. The number of rotatable bonds is 9. The van der Waals surface area contributed by atoms with Crippen molar-refractivity contribution in [2.75, 3.05) is 24.2 Å². The van der Waals surface area contributed by atoms with Crippen molar-refractivity contribution in [1.82, 2.24) is 14.5 Å². The number of anilines is 1. The van der Waals surface area contributed by atoms with Crippen molar-refractivity contribution in [3.05, 3.63) is 64.4 Å². The molecule has 3 rings (SSSR count). The van der Waals surface area contributed by atoms with Crippen LogP contribution in [0.4, 0.5) is 5.69 Å². The molecule has 0 saturated carbocycles. The van der Waals surface area contributed by atoms with Crippen LogP contribution in [0.3, 0.4) is 0 Å². The van der Waals surface area contributed by atoms with E-state index in [2.05, 4.69) is 10.3 Å². The van der Waals surface area contributed by atoms with E-state index in [1.165, 1.54) is 11.8 Å². The van der Waals surface area contributed by atoms with Crippen molar-refractivity contribution in [1.29, 1.82) is 0 Å². The van der Waals surface area contributed by atoms with Gasteiger partial charge in [0, 0.05) is 18.8 Å². The Balaban J connectivity index is 1.70. The minimum atomic E-state index is -0.236. The lowest BCUT2D eigenvalue weighted by atomic mass is 10.2. The van der Waals surface area contributed by atoms with Crippen LogP contribution < -0.4 is 10.9 Å². The predicted molar refractivity (Wildman–Crippen MR) is 129 cm³/mol. The fourth-order valence-corrected chi connectivity index (χ4v) is 4.36. The summed E-state index contributed by atoms with van der Waals surface area (Å²) in [5, 5.41) is 3.94. The smallest absolute Gasteiger partial charge is 0.262 e. The first-order valence-electron chi connectivity index (χ1n) is 10.7. The van der Waals surface area contributed by atoms with Crippen LogP contribution in [0.1, 0.15) is 25.8 Å². The van der Waals surface area contributed by atoms with Gasteiger partial charge in [-0.15, -0.1) is 0 Å². The fraction of sp³-hybridized carbons (Fsp3) is 0.333. The summed E-state index contributed by atoms with van der Waals surface area (Å²) in [5.74, 6) is -0.301. The first-order valence-corrected chi connectivity index (χ1v) is 11.7. The second-order valence-electron chi connectivity index (χ2n) is 7.43. The highest BCUT2D eigenvalue weighted by Crippen LogP contribution is 2.19. The van der Waals surface area contributed by atoms with Gasteiger partial charge in [-0.25, -0.2) is 4.98 Å². The van der Waals surface area contributed by atoms with E-state index in [-0.39, 0.29) is 29.7 Å². The summed E-state index contributed by atoms with van der Waals surface area (Å²) in [7, 11) is 0. The van der Waals surface area contributed by atoms with Gasteiger partial charge in [0.2, 0.25) is 11.8 Å². The lowest BCUT2D eigenvalue weighted by Crippen LogP contribution is -2.39. The third kappa shape index (κ3) is 5.56. The van der Waals surface area contributed by atoms with Gasteiger partial charge in [-0.2, -0.15) is 0 Å². The molecular weight excluding hydrogens is 424 g/mol. The van der Waals surface area contributed by atoms with Gasteiger partial charge in [0.15, 0.2) is 5.16 Å². The van der Waals surface area contributed by atoms with Gasteiger partial charge in [-0.3, -0.25) is 19.0 Å². The van der Waals surface area contributed by atoms with Crippen molar-refractivity contribution in [2.24, 2.45) is 0 Å². The molecule has 0 saturated heterocycles.